The summed E-state index contributed by atoms with van der Waals surface area (Å²) in [7, 11) is 0. The van der Waals surface area contributed by atoms with Crippen LogP contribution in [0.3, 0.4) is 0 Å². The van der Waals surface area contributed by atoms with Gasteiger partial charge in [-0.15, -0.1) is 0 Å². The lowest BCUT2D eigenvalue weighted by Crippen LogP contribution is -2.33. The van der Waals surface area contributed by atoms with Crippen molar-refractivity contribution in [2.45, 2.75) is 19.4 Å². The Morgan fingerprint density at radius 1 is 1.85 bits per heavy atom. The second-order valence-corrected chi connectivity index (χ2v) is 3.26. The molecule has 0 fully saturated rings. The zero-order valence-electron chi connectivity index (χ0n) is 7.45. The van der Waals surface area contributed by atoms with Gasteiger partial charge in [-0.3, -0.25) is 0 Å². The molecule has 0 radical (unpaired) electrons. The van der Waals surface area contributed by atoms with Crippen molar-refractivity contribution >= 4 is 0 Å². The molecule has 2 unspecified atom stereocenters. The standard InChI is InChI=1S/C9H11N3O/c1-6(4-10)8-9-7(2-3-11-8)13-5-12-9/h5-6,8,11H,2-3H2,1H3. The molecule has 2 heterocycles. The second-order valence-electron chi connectivity index (χ2n) is 3.26. The summed E-state index contributed by atoms with van der Waals surface area (Å²) in [5.74, 6) is 0.856. The molecule has 0 bridgehead atoms. The molecule has 1 N–H and O–H groups in total. The van der Waals surface area contributed by atoms with Gasteiger partial charge < -0.3 is 9.73 Å². The van der Waals surface area contributed by atoms with Crippen LogP contribution in [0.5, 0.6) is 0 Å². The van der Waals surface area contributed by atoms with Crippen molar-refractivity contribution in [1.82, 2.24) is 10.3 Å². The highest BCUT2D eigenvalue weighted by molar-refractivity contribution is 5.18. The van der Waals surface area contributed by atoms with E-state index in [1.165, 1.54) is 6.39 Å². The van der Waals surface area contributed by atoms with Gasteiger partial charge >= 0.3 is 0 Å². The second kappa shape index (κ2) is 3.19. The number of nitrogens with one attached hydrogen (secondary N) is 1. The van der Waals surface area contributed by atoms with Crippen LogP contribution >= 0.6 is 0 Å². The quantitative estimate of drug-likeness (QED) is 0.695. The van der Waals surface area contributed by atoms with E-state index in [1.807, 2.05) is 6.92 Å². The third-order valence-corrected chi connectivity index (χ3v) is 2.39. The molecule has 0 saturated carbocycles. The fourth-order valence-corrected chi connectivity index (χ4v) is 1.65. The molecule has 0 spiro atoms. The monoisotopic (exact) mass is 177 g/mol. The van der Waals surface area contributed by atoms with E-state index in [2.05, 4.69) is 16.4 Å². The van der Waals surface area contributed by atoms with Crippen LogP contribution in [0.2, 0.25) is 0 Å². The summed E-state index contributed by atoms with van der Waals surface area (Å²) in [5, 5.41) is 12.1. The topological polar surface area (TPSA) is 61.9 Å². The van der Waals surface area contributed by atoms with E-state index >= 15 is 0 Å². The number of rotatable bonds is 1. The van der Waals surface area contributed by atoms with Gasteiger partial charge in [-0.1, -0.05) is 0 Å². The van der Waals surface area contributed by atoms with E-state index in [0.29, 0.717) is 0 Å². The lowest BCUT2D eigenvalue weighted by atomic mass is 9.96. The molecule has 0 saturated heterocycles. The number of hydrogen-bond acceptors (Lipinski definition) is 4. The summed E-state index contributed by atoms with van der Waals surface area (Å²) in [6.07, 6.45) is 2.32. The molecule has 1 aliphatic rings. The number of aromatic nitrogens is 1. The predicted molar refractivity (Wildman–Crippen MR) is 45.7 cm³/mol. The van der Waals surface area contributed by atoms with E-state index in [-0.39, 0.29) is 12.0 Å². The Hall–Kier alpha value is -1.34. The van der Waals surface area contributed by atoms with Crippen molar-refractivity contribution in [2.75, 3.05) is 6.54 Å². The van der Waals surface area contributed by atoms with Gasteiger partial charge in [0.2, 0.25) is 0 Å². The molecule has 4 heteroatoms. The van der Waals surface area contributed by atoms with Crippen LogP contribution < -0.4 is 5.32 Å². The number of nitriles is 1. The van der Waals surface area contributed by atoms with Crippen molar-refractivity contribution in [3.63, 3.8) is 0 Å². The molecule has 1 aromatic rings. The maximum Gasteiger partial charge on any atom is 0.181 e. The van der Waals surface area contributed by atoms with Crippen molar-refractivity contribution in [3.8, 4) is 6.07 Å². The van der Waals surface area contributed by atoms with Crippen LogP contribution in [-0.2, 0) is 6.42 Å². The van der Waals surface area contributed by atoms with Gasteiger partial charge in [-0.05, 0) is 6.92 Å². The van der Waals surface area contributed by atoms with E-state index in [0.717, 1.165) is 24.4 Å². The van der Waals surface area contributed by atoms with Crippen LogP contribution in [0.25, 0.3) is 0 Å². The molecular formula is C9H11N3O. The highest BCUT2D eigenvalue weighted by Crippen LogP contribution is 2.26. The first-order valence-electron chi connectivity index (χ1n) is 4.38. The Morgan fingerprint density at radius 3 is 3.46 bits per heavy atom. The highest BCUT2D eigenvalue weighted by atomic mass is 16.3. The summed E-state index contributed by atoms with van der Waals surface area (Å²) in [4.78, 5) is 4.13. The first-order chi connectivity index (χ1) is 6.33. The third kappa shape index (κ3) is 1.31. The predicted octanol–water partition coefficient (Wildman–Crippen LogP) is 1.02. The molecule has 13 heavy (non-hydrogen) atoms. The van der Waals surface area contributed by atoms with Gasteiger partial charge in [-0.25, -0.2) is 4.98 Å². The minimum absolute atomic E-state index is 0.0347. The Bertz CT molecular complexity index is 339. The Balaban J connectivity index is 2.31. The van der Waals surface area contributed by atoms with Crippen molar-refractivity contribution in [1.29, 1.82) is 5.26 Å². The van der Waals surface area contributed by atoms with E-state index < -0.39 is 0 Å². The van der Waals surface area contributed by atoms with Gasteiger partial charge in [-0.2, -0.15) is 5.26 Å². The fraction of sp³-hybridized carbons (Fsp3) is 0.556. The van der Waals surface area contributed by atoms with Crippen LogP contribution in [-0.4, -0.2) is 11.5 Å². The number of nitrogens with zero attached hydrogens (tertiary/aromatic N) is 2. The maximum atomic E-state index is 8.80. The smallest absolute Gasteiger partial charge is 0.181 e. The SMILES string of the molecule is CC(C#N)C1NCCc2ocnc21. The average molecular weight is 177 g/mol. The van der Waals surface area contributed by atoms with Crippen LogP contribution in [0.1, 0.15) is 24.4 Å². The molecular weight excluding hydrogens is 166 g/mol. The van der Waals surface area contributed by atoms with Gasteiger partial charge in [0.1, 0.15) is 11.5 Å². The molecule has 0 aliphatic carbocycles. The van der Waals surface area contributed by atoms with Gasteiger partial charge in [0.25, 0.3) is 0 Å². The van der Waals surface area contributed by atoms with Crippen LogP contribution in [0, 0.1) is 17.2 Å². The normalized spacial score (nSPS) is 23.2. The Labute approximate surface area is 76.6 Å². The van der Waals surface area contributed by atoms with Crippen LogP contribution in [0.4, 0.5) is 0 Å². The molecule has 0 aromatic carbocycles. The number of hydrogen-bond donors (Lipinski definition) is 1. The fourth-order valence-electron chi connectivity index (χ4n) is 1.65. The highest BCUT2D eigenvalue weighted by Gasteiger charge is 2.28. The van der Waals surface area contributed by atoms with Crippen molar-refractivity contribution in [3.05, 3.63) is 17.8 Å². The van der Waals surface area contributed by atoms with Crippen molar-refractivity contribution < 1.29 is 4.42 Å². The molecule has 0 amide bonds. The first-order valence-corrected chi connectivity index (χ1v) is 4.38. The molecule has 2 rings (SSSR count). The number of fused-ring (bicyclic) bond motifs is 1. The van der Waals surface area contributed by atoms with E-state index in [1.54, 1.807) is 0 Å². The molecule has 1 aromatic heterocycles. The summed E-state index contributed by atoms with van der Waals surface area (Å²) >= 11 is 0. The van der Waals surface area contributed by atoms with Gasteiger partial charge in [0, 0.05) is 13.0 Å². The lowest BCUT2D eigenvalue weighted by molar-refractivity contribution is 0.391. The Kier molecular flexibility index (Phi) is 2.03. The summed E-state index contributed by atoms with van der Waals surface area (Å²) in [5.41, 5.74) is 0.903. The summed E-state index contributed by atoms with van der Waals surface area (Å²) < 4.78 is 5.22. The number of oxazole rings is 1. The van der Waals surface area contributed by atoms with Crippen LogP contribution in [0.15, 0.2) is 10.8 Å². The third-order valence-electron chi connectivity index (χ3n) is 2.39. The zero-order chi connectivity index (χ0) is 9.26. The molecule has 2 atom stereocenters. The Morgan fingerprint density at radius 2 is 2.69 bits per heavy atom. The molecule has 1 aliphatic heterocycles. The largest absolute Gasteiger partial charge is 0.448 e. The zero-order valence-corrected chi connectivity index (χ0v) is 7.45. The minimum atomic E-state index is -0.0656. The van der Waals surface area contributed by atoms with E-state index in [9.17, 15) is 0 Å². The summed E-state index contributed by atoms with van der Waals surface area (Å²) in [6.45, 7) is 2.75. The van der Waals surface area contributed by atoms with Gasteiger partial charge in [0.15, 0.2) is 6.39 Å². The molecule has 68 valence electrons. The molecule has 4 nitrogen and oxygen atoms in total. The first kappa shape index (κ1) is 8.27. The average Bonchev–Trinajstić information content (AvgIpc) is 2.63. The summed E-state index contributed by atoms with van der Waals surface area (Å²) in [6, 6.07) is 2.26. The minimum Gasteiger partial charge on any atom is -0.448 e. The lowest BCUT2D eigenvalue weighted by Gasteiger charge is -2.23. The maximum absolute atomic E-state index is 8.80. The van der Waals surface area contributed by atoms with Crippen molar-refractivity contribution in [2.24, 2.45) is 5.92 Å². The van der Waals surface area contributed by atoms with Gasteiger partial charge in [0.05, 0.1) is 18.0 Å². The van der Waals surface area contributed by atoms with E-state index in [4.69, 9.17) is 9.68 Å².